The van der Waals surface area contributed by atoms with Crippen LogP contribution in [0, 0.1) is 5.82 Å². The molecule has 1 N–H and O–H groups in total. The molecule has 2 aliphatic rings. The van der Waals surface area contributed by atoms with E-state index in [-0.39, 0.29) is 18.4 Å². The topological polar surface area (TPSA) is 94.6 Å². The molecule has 3 aromatic rings. The van der Waals surface area contributed by atoms with E-state index in [4.69, 9.17) is 9.73 Å². The summed E-state index contributed by atoms with van der Waals surface area (Å²) in [7, 11) is 5.38. The average molecular weight is 530 g/mol. The predicted octanol–water partition coefficient (Wildman–Crippen LogP) is 4.16. The molecule has 39 heavy (non-hydrogen) atoms. The van der Waals surface area contributed by atoms with Gasteiger partial charge >= 0.3 is 6.09 Å². The number of cyclic esters (lactones) is 1. The lowest BCUT2D eigenvalue weighted by Gasteiger charge is -2.20. The Morgan fingerprint density at radius 1 is 1.05 bits per heavy atom. The van der Waals surface area contributed by atoms with E-state index >= 15 is 0 Å². The van der Waals surface area contributed by atoms with E-state index in [9.17, 15) is 18.8 Å². The number of aliphatic imine (C=N–C) groups is 1. The Morgan fingerprint density at radius 3 is 2.41 bits per heavy atom. The zero-order chi connectivity index (χ0) is 27.7. The van der Waals surface area contributed by atoms with Crippen LogP contribution in [0.3, 0.4) is 0 Å². The first-order chi connectivity index (χ1) is 18.7. The molecule has 0 radical (unpaired) electrons. The molecule has 10 heteroatoms. The summed E-state index contributed by atoms with van der Waals surface area (Å²) in [6.45, 7) is 1.07. The molecule has 0 aliphatic carbocycles. The van der Waals surface area contributed by atoms with Gasteiger partial charge in [0.05, 0.1) is 24.5 Å². The van der Waals surface area contributed by atoms with Gasteiger partial charge in [0.2, 0.25) is 11.8 Å². The van der Waals surface area contributed by atoms with Gasteiger partial charge in [-0.15, -0.1) is 0 Å². The molecular weight excluding hydrogens is 501 g/mol. The second-order valence-electron chi connectivity index (χ2n) is 9.67. The molecule has 2 aliphatic heterocycles. The predicted molar refractivity (Wildman–Crippen MR) is 148 cm³/mol. The number of carbonyl (C=O) groups excluding carboxylic acids is 3. The molecule has 5 rings (SSSR count). The number of likely N-dealkylation sites (N-methyl/N-ethyl adjacent to an activating group) is 2. The molecule has 200 valence electrons. The minimum absolute atomic E-state index is 0.0506. The molecule has 0 spiro atoms. The van der Waals surface area contributed by atoms with Crippen molar-refractivity contribution < 1.29 is 23.5 Å². The molecule has 1 fully saturated rings. The highest BCUT2D eigenvalue weighted by Gasteiger charge is 2.36. The van der Waals surface area contributed by atoms with E-state index in [1.54, 1.807) is 71.4 Å². The number of hydrogen-bond acceptors (Lipinski definition) is 6. The van der Waals surface area contributed by atoms with E-state index in [1.807, 2.05) is 14.1 Å². The van der Waals surface area contributed by atoms with Gasteiger partial charge in [0, 0.05) is 24.1 Å². The van der Waals surface area contributed by atoms with E-state index in [2.05, 4.69) is 5.32 Å². The van der Waals surface area contributed by atoms with Crippen LogP contribution in [0.4, 0.5) is 31.9 Å². The lowest BCUT2D eigenvalue weighted by molar-refractivity contribution is -0.119. The van der Waals surface area contributed by atoms with Crippen molar-refractivity contribution in [3.8, 4) is 0 Å². The molecule has 9 nitrogen and oxygen atoms in total. The summed E-state index contributed by atoms with van der Waals surface area (Å²) >= 11 is 0. The van der Waals surface area contributed by atoms with Gasteiger partial charge in [0.25, 0.3) is 0 Å². The molecule has 3 amide bonds. The Hall–Kier alpha value is -4.57. The molecule has 0 bridgehead atoms. The second kappa shape index (κ2) is 10.7. The fraction of sp³-hybridized carbons (Fsp3) is 0.241. The maximum atomic E-state index is 13.9. The number of nitrogens with one attached hydrogen (secondary N) is 1. The fourth-order valence-electron chi connectivity index (χ4n) is 4.65. The molecule has 1 unspecified atom stereocenters. The number of rotatable bonds is 7. The summed E-state index contributed by atoms with van der Waals surface area (Å²) in [5.74, 6) is -1.58. The van der Waals surface area contributed by atoms with Crippen LogP contribution in [0.1, 0.15) is 17.0 Å². The van der Waals surface area contributed by atoms with Crippen LogP contribution in [-0.4, -0.2) is 69.4 Å². The maximum absolute atomic E-state index is 13.9. The van der Waals surface area contributed by atoms with Crippen molar-refractivity contribution in [2.75, 3.05) is 56.0 Å². The fourth-order valence-corrected chi connectivity index (χ4v) is 4.65. The maximum Gasteiger partial charge on any atom is 0.414 e. The lowest BCUT2D eigenvalue weighted by atomic mass is 9.90. The number of benzene rings is 3. The summed E-state index contributed by atoms with van der Waals surface area (Å²) in [5, 5.41) is 2.76. The third-order valence-electron chi connectivity index (χ3n) is 6.67. The molecule has 0 saturated carbocycles. The molecule has 0 aromatic heterocycles. The normalized spacial score (nSPS) is 16.8. The molecular formula is C29H28FN5O4. The lowest BCUT2D eigenvalue weighted by Crippen LogP contribution is -2.34. The minimum Gasteiger partial charge on any atom is -0.447 e. The Labute approximate surface area is 225 Å². The Balaban J connectivity index is 1.52. The van der Waals surface area contributed by atoms with E-state index < -0.39 is 17.8 Å². The van der Waals surface area contributed by atoms with Gasteiger partial charge in [-0.3, -0.25) is 19.5 Å². The van der Waals surface area contributed by atoms with Crippen LogP contribution < -0.4 is 15.1 Å². The average Bonchev–Trinajstić information content (AvgIpc) is 3.48. The van der Waals surface area contributed by atoms with Crippen LogP contribution in [-0.2, 0) is 14.3 Å². The van der Waals surface area contributed by atoms with E-state index in [0.29, 0.717) is 52.7 Å². The van der Waals surface area contributed by atoms with E-state index in [0.717, 1.165) is 0 Å². The van der Waals surface area contributed by atoms with Gasteiger partial charge in [0.15, 0.2) is 0 Å². The van der Waals surface area contributed by atoms with Crippen LogP contribution in [0.2, 0.25) is 0 Å². The quantitative estimate of drug-likeness (QED) is 0.464. The van der Waals surface area contributed by atoms with Gasteiger partial charge in [0.1, 0.15) is 18.3 Å². The van der Waals surface area contributed by atoms with Crippen LogP contribution >= 0.6 is 0 Å². The van der Waals surface area contributed by atoms with Gasteiger partial charge < -0.3 is 19.9 Å². The summed E-state index contributed by atoms with van der Waals surface area (Å²) in [4.78, 5) is 47.4. The summed E-state index contributed by atoms with van der Waals surface area (Å²) < 4.78 is 18.9. The van der Waals surface area contributed by atoms with Crippen LogP contribution in [0.15, 0.2) is 71.7 Å². The third kappa shape index (κ3) is 5.37. The first-order valence-corrected chi connectivity index (χ1v) is 12.5. The number of hydrogen-bond donors (Lipinski definition) is 1. The van der Waals surface area contributed by atoms with Gasteiger partial charge in [-0.2, -0.15) is 0 Å². The van der Waals surface area contributed by atoms with Crippen molar-refractivity contribution >= 4 is 46.4 Å². The number of halogens is 1. The number of fused-ring (bicyclic) bond motifs is 1. The first kappa shape index (κ1) is 26.1. The number of carbonyl (C=O) groups is 3. The zero-order valence-electron chi connectivity index (χ0n) is 21.8. The zero-order valence-corrected chi connectivity index (χ0v) is 21.8. The summed E-state index contributed by atoms with van der Waals surface area (Å²) in [5.41, 5.74) is 4.14. The Morgan fingerprint density at radius 2 is 1.77 bits per heavy atom. The van der Waals surface area contributed by atoms with Crippen molar-refractivity contribution in [2.24, 2.45) is 4.99 Å². The molecule has 2 heterocycles. The monoisotopic (exact) mass is 529 g/mol. The largest absolute Gasteiger partial charge is 0.447 e. The van der Waals surface area contributed by atoms with Crippen LogP contribution in [0.25, 0.3) is 0 Å². The SMILES string of the molecule is CN(C)CC(=O)N(C)c1ccc(N=C(c2ccc(N3CCOC3=O)cc2)C2C(=O)Nc3cc(F)ccc32)cc1. The van der Waals surface area contributed by atoms with Crippen molar-refractivity contribution in [3.63, 3.8) is 0 Å². The molecule has 1 atom stereocenters. The smallest absolute Gasteiger partial charge is 0.414 e. The van der Waals surface area contributed by atoms with E-state index in [1.165, 1.54) is 17.0 Å². The van der Waals surface area contributed by atoms with Crippen molar-refractivity contribution in [3.05, 3.63) is 83.7 Å². The highest BCUT2D eigenvalue weighted by atomic mass is 19.1. The van der Waals surface area contributed by atoms with Gasteiger partial charge in [-0.05, 0) is 73.8 Å². The minimum atomic E-state index is -0.771. The first-order valence-electron chi connectivity index (χ1n) is 12.5. The molecule has 3 aromatic carbocycles. The van der Waals surface area contributed by atoms with Gasteiger partial charge in [-0.25, -0.2) is 9.18 Å². The van der Waals surface area contributed by atoms with Crippen molar-refractivity contribution in [1.29, 1.82) is 0 Å². The molecule has 1 saturated heterocycles. The van der Waals surface area contributed by atoms with Gasteiger partial charge in [-0.1, -0.05) is 18.2 Å². The van der Waals surface area contributed by atoms with Crippen LogP contribution in [0.5, 0.6) is 0 Å². The Kier molecular flexibility index (Phi) is 7.12. The number of ether oxygens (including phenoxy) is 1. The van der Waals surface area contributed by atoms with Crippen molar-refractivity contribution in [2.45, 2.75) is 5.92 Å². The standard InChI is InChI=1S/C29H28FN5O4/c1-33(2)17-25(36)34(3)21-11-7-20(8-12-21)31-27(26-23-13-6-19(30)16-24(23)32-28(26)37)18-4-9-22(10-5-18)35-14-15-39-29(35)38/h4-13,16,26H,14-15,17H2,1-3H3,(H,32,37). The number of amides is 3. The highest BCUT2D eigenvalue weighted by molar-refractivity contribution is 6.24. The number of anilines is 3. The van der Waals surface area contributed by atoms with Crippen molar-refractivity contribution in [1.82, 2.24) is 4.90 Å². The third-order valence-corrected chi connectivity index (χ3v) is 6.67. The summed E-state index contributed by atoms with van der Waals surface area (Å²) in [6, 6.07) is 18.5. The second-order valence-corrected chi connectivity index (χ2v) is 9.67. The number of nitrogens with zero attached hydrogens (tertiary/aromatic N) is 4. The summed E-state index contributed by atoms with van der Waals surface area (Å²) in [6.07, 6.45) is -0.406. The Bertz CT molecular complexity index is 1450. The highest BCUT2D eigenvalue weighted by Crippen LogP contribution is 2.37.